The molecule has 130 valence electrons. The molecule has 2 aromatic carbocycles. The zero-order valence-electron chi connectivity index (χ0n) is 14.2. The summed E-state index contributed by atoms with van der Waals surface area (Å²) in [7, 11) is 1.39. The number of nitrogens with zero attached hydrogens (tertiary/aromatic N) is 1. The van der Waals surface area contributed by atoms with Gasteiger partial charge in [0, 0.05) is 12.0 Å². The maximum atomic E-state index is 12.2. The zero-order chi connectivity index (χ0) is 18.1. The Morgan fingerprint density at radius 2 is 1.96 bits per heavy atom. The highest BCUT2D eigenvalue weighted by atomic mass is 79.9. The number of carbonyl (C=O) groups is 1. The van der Waals surface area contributed by atoms with E-state index >= 15 is 0 Å². The van der Waals surface area contributed by atoms with Crippen LogP contribution in [-0.2, 0) is 17.8 Å². The molecule has 0 radical (unpaired) electrons. The smallest absolute Gasteiger partial charge is 0.338 e. The molecular weight excluding hydrogens is 394 g/mol. The predicted octanol–water partition coefficient (Wildman–Crippen LogP) is 4.78. The Morgan fingerprint density at radius 3 is 2.73 bits per heavy atom. The van der Waals surface area contributed by atoms with Crippen LogP contribution in [0.2, 0.25) is 0 Å². The van der Waals surface area contributed by atoms with Crippen LogP contribution in [-0.4, -0.2) is 18.1 Å². The van der Waals surface area contributed by atoms with Crippen LogP contribution in [0.25, 0.3) is 11.3 Å². The van der Waals surface area contributed by atoms with Gasteiger partial charge in [0.25, 0.3) is 0 Å². The Bertz CT molecular complexity index is 986. The molecule has 1 aliphatic carbocycles. The standard InChI is InChI=1S/C21H16BrNO3/c1-25-21(24)16-11-18(22)23-20-15(16)10-14-8-5-9-17(19(14)20)26-12-13-6-3-2-4-7-13/h2-9,11H,10,12H2,1H3. The second-order valence-electron chi connectivity index (χ2n) is 6.05. The van der Waals surface area contributed by atoms with Crippen LogP contribution in [0.5, 0.6) is 5.75 Å². The van der Waals surface area contributed by atoms with E-state index < -0.39 is 0 Å². The quantitative estimate of drug-likeness (QED) is 0.359. The van der Waals surface area contributed by atoms with E-state index in [-0.39, 0.29) is 5.97 Å². The lowest BCUT2D eigenvalue weighted by molar-refractivity contribution is 0.0599. The van der Waals surface area contributed by atoms with E-state index in [1.807, 2.05) is 48.5 Å². The van der Waals surface area contributed by atoms with Crippen molar-refractivity contribution >= 4 is 21.9 Å². The van der Waals surface area contributed by atoms with E-state index in [0.717, 1.165) is 33.7 Å². The van der Waals surface area contributed by atoms with Crippen LogP contribution in [0.4, 0.5) is 0 Å². The summed E-state index contributed by atoms with van der Waals surface area (Å²) < 4.78 is 11.6. The van der Waals surface area contributed by atoms with Gasteiger partial charge in [-0.15, -0.1) is 0 Å². The fraction of sp³-hybridized carbons (Fsp3) is 0.143. The summed E-state index contributed by atoms with van der Waals surface area (Å²) in [5.74, 6) is 0.412. The van der Waals surface area contributed by atoms with E-state index in [9.17, 15) is 4.79 Å². The molecule has 1 heterocycles. The highest BCUT2D eigenvalue weighted by molar-refractivity contribution is 9.10. The van der Waals surface area contributed by atoms with Crippen LogP contribution in [0.3, 0.4) is 0 Å². The minimum Gasteiger partial charge on any atom is -0.488 e. The van der Waals surface area contributed by atoms with E-state index in [1.54, 1.807) is 6.07 Å². The van der Waals surface area contributed by atoms with Crippen molar-refractivity contribution < 1.29 is 14.3 Å². The maximum Gasteiger partial charge on any atom is 0.338 e. The SMILES string of the molecule is COC(=O)c1cc(Br)nc2c1Cc1cccc(OCc3ccccc3)c1-2. The number of halogens is 1. The summed E-state index contributed by atoms with van der Waals surface area (Å²) in [5.41, 5.74) is 5.34. The van der Waals surface area contributed by atoms with E-state index in [2.05, 4.69) is 20.9 Å². The zero-order valence-corrected chi connectivity index (χ0v) is 15.7. The van der Waals surface area contributed by atoms with Crippen LogP contribution in [0, 0.1) is 0 Å². The van der Waals surface area contributed by atoms with Crippen LogP contribution < -0.4 is 4.74 Å². The van der Waals surface area contributed by atoms with Gasteiger partial charge in [-0.3, -0.25) is 0 Å². The number of rotatable bonds is 4. The van der Waals surface area contributed by atoms with Crippen molar-refractivity contribution in [2.24, 2.45) is 0 Å². The molecule has 1 aliphatic rings. The monoisotopic (exact) mass is 409 g/mol. The van der Waals surface area contributed by atoms with Crippen LogP contribution in [0.1, 0.15) is 27.0 Å². The summed E-state index contributed by atoms with van der Waals surface area (Å²) in [6, 6.07) is 17.7. The van der Waals surface area contributed by atoms with Gasteiger partial charge in [0.05, 0.1) is 18.4 Å². The maximum absolute atomic E-state index is 12.2. The van der Waals surface area contributed by atoms with Crippen molar-refractivity contribution in [3.8, 4) is 17.0 Å². The van der Waals surface area contributed by atoms with Gasteiger partial charge in [0.1, 0.15) is 17.0 Å². The second-order valence-corrected chi connectivity index (χ2v) is 6.87. The number of carbonyl (C=O) groups excluding carboxylic acids is 1. The van der Waals surface area contributed by atoms with E-state index in [0.29, 0.717) is 23.2 Å². The van der Waals surface area contributed by atoms with Gasteiger partial charge < -0.3 is 9.47 Å². The van der Waals surface area contributed by atoms with Gasteiger partial charge in [0.2, 0.25) is 0 Å². The number of aromatic nitrogens is 1. The number of hydrogen-bond acceptors (Lipinski definition) is 4. The third-order valence-electron chi connectivity index (χ3n) is 4.45. The first-order chi connectivity index (χ1) is 12.7. The Labute approximate surface area is 159 Å². The van der Waals surface area contributed by atoms with Gasteiger partial charge >= 0.3 is 5.97 Å². The summed E-state index contributed by atoms with van der Waals surface area (Å²) >= 11 is 3.41. The molecule has 0 bridgehead atoms. The number of benzene rings is 2. The molecule has 0 amide bonds. The normalized spacial score (nSPS) is 11.6. The summed E-state index contributed by atoms with van der Waals surface area (Å²) in [6.07, 6.45) is 0.637. The summed E-state index contributed by atoms with van der Waals surface area (Å²) in [4.78, 5) is 16.8. The first kappa shape index (κ1) is 16.8. The minimum absolute atomic E-state index is 0.357. The summed E-state index contributed by atoms with van der Waals surface area (Å²) in [6.45, 7) is 0.477. The Balaban J connectivity index is 1.75. The topological polar surface area (TPSA) is 48.4 Å². The average molecular weight is 410 g/mol. The average Bonchev–Trinajstić information content (AvgIpc) is 3.05. The fourth-order valence-corrected chi connectivity index (χ4v) is 3.66. The highest BCUT2D eigenvalue weighted by Crippen LogP contribution is 2.43. The molecule has 4 rings (SSSR count). The first-order valence-electron chi connectivity index (χ1n) is 8.24. The van der Waals surface area contributed by atoms with Crippen molar-refractivity contribution in [2.45, 2.75) is 13.0 Å². The van der Waals surface area contributed by atoms with Crippen molar-refractivity contribution in [1.82, 2.24) is 4.98 Å². The molecule has 0 saturated carbocycles. The molecule has 0 unspecified atom stereocenters. The van der Waals surface area contributed by atoms with E-state index in [1.165, 1.54) is 7.11 Å². The lowest BCUT2D eigenvalue weighted by atomic mass is 10.1. The predicted molar refractivity (Wildman–Crippen MR) is 102 cm³/mol. The van der Waals surface area contributed by atoms with Gasteiger partial charge in [-0.05, 0) is 44.8 Å². The highest BCUT2D eigenvalue weighted by Gasteiger charge is 2.29. The molecule has 4 nitrogen and oxygen atoms in total. The van der Waals surface area contributed by atoms with Crippen molar-refractivity contribution in [3.63, 3.8) is 0 Å². The fourth-order valence-electron chi connectivity index (χ4n) is 3.26. The van der Waals surface area contributed by atoms with Crippen LogP contribution >= 0.6 is 15.9 Å². The van der Waals surface area contributed by atoms with Crippen molar-refractivity contribution in [3.05, 3.63) is 81.5 Å². The van der Waals surface area contributed by atoms with Gasteiger partial charge in [-0.2, -0.15) is 0 Å². The van der Waals surface area contributed by atoms with Crippen molar-refractivity contribution in [2.75, 3.05) is 7.11 Å². The van der Waals surface area contributed by atoms with Crippen molar-refractivity contribution in [1.29, 1.82) is 0 Å². The summed E-state index contributed by atoms with van der Waals surface area (Å²) in [5, 5.41) is 0. The molecule has 0 aliphatic heterocycles. The molecule has 0 saturated heterocycles. The number of esters is 1. The van der Waals surface area contributed by atoms with Gasteiger partial charge in [0.15, 0.2) is 0 Å². The molecule has 3 aromatic rings. The van der Waals surface area contributed by atoms with Gasteiger partial charge in [-0.1, -0.05) is 42.5 Å². The first-order valence-corrected chi connectivity index (χ1v) is 9.03. The molecule has 1 aromatic heterocycles. The number of ether oxygens (including phenoxy) is 2. The molecule has 0 N–H and O–H groups in total. The number of methoxy groups -OCH3 is 1. The lowest BCUT2D eigenvalue weighted by Gasteiger charge is -2.12. The minimum atomic E-state index is -0.357. The molecular formula is C21H16BrNO3. The molecule has 0 atom stereocenters. The van der Waals surface area contributed by atoms with E-state index in [4.69, 9.17) is 9.47 Å². The third-order valence-corrected chi connectivity index (χ3v) is 4.86. The second kappa shape index (κ2) is 6.92. The number of fused-ring (bicyclic) bond motifs is 3. The Morgan fingerprint density at radius 1 is 1.15 bits per heavy atom. The Hall–Kier alpha value is -2.66. The number of pyridine rings is 1. The lowest BCUT2D eigenvalue weighted by Crippen LogP contribution is -2.06. The molecule has 5 heteroatoms. The molecule has 0 fully saturated rings. The largest absolute Gasteiger partial charge is 0.488 e. The molecule has 0 spiro atoms. The van der Waals surface area contributed by atoms with Gasteiger partial charge in [-0.25, -0.2) is 9.78 Å². The third kappa shape index (κ3) is 2.99. The Kier molecular flexibility index (Phi) is 4.47. The molecule has 26 heavy (non-hydrogen) atoms. The van der Waals surface area contributed by atoms with Crippen LogP contribution in [0.15, 0.2) is 59.2 Å². The number of hydrogen-bond donors (Lipinski definition) is 0.